The van der Waals surface area contributed by atoms with Crippen molar-refractivity contribution in [3.8, 4) is 22.3 Å². The van der Waals surface area contributed by atoms with Gasteiger partial charge in [0, 0.05) is 35.5 Å². The summed E-state index contributed by atoms with van der Waals surface area (Å²) in [6.07, 6.45) is 6.40. The van der Waals surface area contributed by atoms with E-state index in [1.807, 2.05) is 30.5 Å². The Morgan fingerprint density at radius 2 is 2.14 bits per heavy atom. The molecule has 3 heterocycles. The molecule has 0 bridgehead atoms. The van der Waals surface area contributed by atoms with Crippen molar-refractivity contribution in [3.63, 3.8) is 0 Å². The van der Waals surface area contributed by atoms with Crippen LogP contribution in [0.1, 0.15) is 29.7 Å². The third-order valence-electron chi connectivity index (χ3n) is 4.89. The zero-order valence-corrected chi connectivity index (χ0v) is 17.2. The van der Waals surface area contributed by atoms with Crippen LogP contribution in [0.3, 0.4) is 0 Å². The van der Waals surface area contributed by atoms with Gasteiger partial charge in [-0.1, -0.05) is 29.5 Å². The normalized spacial score (nSPS) is 18.3. The van der Waals surface area contributed by atoms with Gasteiger partial charge in [0.05, 0.1) is 4.88 Å². The molecule has 1 aliphatic carbocycles. The van der Waals surface area contributed by atoms with E-state index in [0.29, 0.717) is 17.3 Å². The van der Waals surface area contributed by atoms with Crippen molar-refractivity contribution < 1.29 is 5.11 Å². The Hall–Kier alpha value is -2.66. The van der Waals surface area contributed by atoms with E-state index in [1.54, 1.807) is 17.5 Å². The zero-order chi connectivity index (χ0) is 20.2. The van der Waals surface area contributed by atoms with E-state index in [-0.39, 0.29) is 23.8 Å². The summed E-state index contributed by atoms with van der Waals surface area (Å²) in [5.74, 6) is 7.23. The van der Waals surface area contributed by atoms with Gasteiger partial charge in [-0.15, -0.1) is 11.3 Å². The van der Waals surface area contributed by atoms with Gasteiger partial charge in [-0.25, -0.2) is 0 Å². The van der Waals surface area contributed by atoms with E-state index >= 15 is 0 Å². The number of nitrogens with two attached hydrogens (primary N) is 1. The molecule has 6 nitrogen and oxygen atoms in total. The standard InChI is InChI=1S/C21H20ClN5OS/c22-19-17(7-5-16-6-8-18(29-16)14-2-1-9-24-11-14)20(27-21(23)26-19)25-15-4-3-13(10-15)12-28/h1-2,6,8-9,11,13,15,28H,3-4,10,12H2,(H3,23,25,26,27)/t13-,15+/m1/s1. The number of nitrogens with one attached hydrogen (secondary N) is 1. The molecular weight excluding hydrogens is 406 g/mol. The Balaban J connectivity index is 1.59. The molecular formula is C21H20ClN5OS. The van der Waals surface area contributed by atoms with Crippen LogP contribution >= 0.6 is 22.9 Å². The number of nitrogens with zero attached hydrogens (tertiary/aromatic N) is 3. The molecule has 0 saturated heterocycles. The van der Waals surface area contributed by atoms with E-state index in [0.717, 1.165) is 34.6 Å². The monoisotopic (exact) mass is 425 g/mol. The molecule has 0 aliphatic heterocycles. The summed E-state index contributed by atoms with van der Waals surface area (Å²) in [4.78, 5) is 14.5. The van der Waals surface area contributed by atoms with E-state index < -0.39 is 0 Å². The van der Waals surface area contributed by atoms with Gasteiger partial charge in [0.2, 0.25) is 5.95 Å². The third kappa shape index (κ3) is 4.67. The van der Waals surface area contributed by atoms with Crippen LogP contribution in [0.25, 0.3) is 10.4 Å². The van der Waals surface area contributed by atoms with E-state index in [9.17, 15) is 5.11 Å². The fourth-order valence-corrected chi connectivity index (χ4v) is 4.50. The first kappa shape index (κ1) is 19.6. The molecule has 1 fully saturated rings. The van der Waals surface area contributed by atoms with Crippen LogP contribution in [0, 0.1) is 17.8 Å². The van der Waals surface area contributed by atoms with Crippen molar-refractivity contribution in [3.05, 3.63) is 52.3 Å². The lowest BCUT2D eigenvalue weighted by Crippen LogP contribution is -2.19. The summed E-state index contributed by atoms with van der Waals surface area (Å²) < 4.78 is 0. The van der Waals surface area contributed by atoms with Crippen LogP contribution in [0.15, 0.2) is 36.7 Å². The lowest BCUT2D eigenvalue weighted by Gasteiger charge is -2.15. The Bertz CT molecular complexity index is 1060. The van der Waals surface area contributed by atoms with Crippen molar-refractivity contribution in [1.82, 2.24) is 15.0 Å². The number of nitrogen functional groups attached to an aromatic ring is 1. The highest BCUT2D eigenvalue weighted by Crippen LogP contribution is 2.30. The van der Waals surface area contributed by atoms with Crippen LogP contribution in [-0.2, 0) is 0 Å². The number of aliphatic hydroxyl groups is 1. The van der Waals surface area contributed by atoms with Crippen LogP contribution in [-0.4, -0.2) is 32.7 Å². The number of aromatic nitrogens is 3. The average molecular weight is 426 g/mol. The molecule has 0 amide bonds. The van der Waals surface area contributed by atoms with Gasteiger partial charge in [0.25, 0.3) is 0 Å². The molecule has 0 spiro atoms. The number of hydrogen-bond donors (Lipinski definition) is 3. The summed E-state index contributed by atoms with van der Waals surface area (Å²) in [5, 5.41) is 13.0. The fraction of sp³-hybridized carbons (Fsp3) is 0.286. The van der Waals surface area contributed by atoms with Crippen LogP contribution < -0.4 is 11.1 Å². The summed E-state index contributed by atoms with van der Waals surface area (Å²) in [6, 6.07) is 8.14. The van der Waals surface area contributed by atoms with Crippen molar-refractivity contribution in [1.29, 1.82) is 0 Å². The molecule has 3 aromatic rings. The second-order valence-corrected chi connectivity index (χ2v) is 8.40. The second-order valence-electron chi connectivity index (χ2n) is 6.95. The van der Waals surface area contributed by atoms with Crippen molar-refractivity contribution in [2.45, 2.75) is 25.3 Å². The smallest absolute Gasteiger partial charge is 0.223 e. The molecule has 1 saturated carbocycles. The minimum Gasteiger partial charge on any atom is -0.396 e. The minimum atomic E-state index is 0.106. The lowest BCUT2D eigenvalue weighted by molar-refractivity contribution is 0.229. The second kappa shape index (κ2) is 8.78. The van der Waals surface area contributed by atoms with Gasteiger partial charge >= 0.3 is 0 Å². The molecule has 0 aromatic carbocycles. The zero-order valence-electron chi connectivity index (χ0n) is 15.6. The Morgan fingerprint density at radius 3 is 2.90 bits per heavy atom. The van der Waals surface area contributed by atoms with E-state index in [2.05, 4.69) is 32.1 Å². The Labute approximate surface area is 178 Å². The van der Waals surface area contributed by atoms with Crippen molar-refractivity contribution in [2.75, 3.05) is 17.7 Å². The van der Waals surface area contributed by atoms with E-state index in [4.69, 9.17) is 17.3 Å². The third-order valence-corrected chi connectivity index (χ3v) is 6.21. The van der Waals surface area contributed by atoms with Gasteiger partial charge < -0.3 is 16.2 Å². The fourth-order valence-electron chi connectivity index (χ4n) is 3.42. The summed E-state index contributed by atoms with van der Waals surface area (Å²) in [6.45, 7) is 0.204. The predicted molar refractivity (Wildman–Crippen MR) is 117 cm³/mol. The molecule has 2 atom stereocenters. The van der Waals surface area contributed by atoms with E-state index in [1.165, 1.54) is 0 Å². The number of pyridine rings is 1. The summed E-state index contributed by atoms with van der Waals surface area (Å²) >= 11 is 7.91. The highest BCUT2D eigenvalue weighted by atomic mass is 35.5. The largest absolute Gasteiger partial charge is 0.396 e. The topological polar surface area (TPSA) is 97.0 Å². The predicted octanol–water partition coefficient (Wildman–Crippen LogP) is 3.81. The quantitative estimate of drug-likeness (QED) is 0.434. The molecule has 8 heteroatoms. The number of thiophene rings is 1. The summed E-state index contributed by atoms with van der Waals surface area (Å²) in [5.41, 5.74) is 7.38. The first-order chi connectivity index (χ1) is 14.1. The van der Waals surface area contributed by atoms with Gasteiger partial charge in [-0.05, 0) is 43.4 Å². The van der Waals surface area contributed by atoms with Crippen LogP contribution in [0.2, 0.25) is 5.15 Å². The lowest BCUT2D eigenvalue weighted by atomic mass is 10.1. The van der Waals surface area contributed by atoms with Crippen molar-refractivity contribution in [2.24, 2.45) is 5.92 Å². The first-order valence-electron chi connectivity index (χ1n) is 9.35. The highest BCUT2D eigenvalue weighted by molar-refractivity contribution is 7.16. The van der Waals surface area contributed by atoms with Gasteiger partial charge in [0.1, 0.15) is 11.4 Å². The molecule has 148 valence electrons. The maximum atomic E-state index is 9.37. The average Bonchev–Trinajstić information content (AvgIpc) is 3.37. The SMILES string of the molecule is Nc1nc(Cl)c(C#Cc2ccc(-c3cccnc3)s2)c(N[C@H]2CC[C@@H](CO)C2)n1. The molecule has 4 N–H and O–H groups in total. The Morgan fingerprint density at radius 1 is 1.24 bits per heavy atom. The first-order valence-corrected chi connectivity index (χ1v) is 10.5. The van der Waals surface area contributed by atoms with Crippen LogP contribution in [0.4, 0.5) is 11.8 Å². The van der Waals surface area contributed by atoms with Gasteiger partial charge in [0.15, 0.2) is 5.15 Å². The number of hydrogen-bond acceptors (Lipinski definition) is 7. The minimum absolute atomic E-state index is 0.106. The summed E-state index contributed by atoms with van der Waals surface area (Å²) in [7, 11) is 0. The molecule has 4 rings (SSSR count). The highest BCUT2D eigenvalue weighted by Gasteiger charge is 2.25. The van der Waals surface area contributed by atoms with Crippen molar-refractivity contribution >= 4 is 34.7 Å². The van der Waals surface area contributed by atoms with Gasteiger partial charge in [-0.2, -0.15) is 9.97 Å². The van der Waals surface area contributed by atoms with Crippen LogP contribution in [0.5, 0.6) is 0 Å². The number of aliphatic hydroxyl groups excluding tert-OH is 1. The molecule has 3 aromatic heterocycles. The molecule has 0 unspecified atom stereocenters. The molecule has 0 radical (unpaired) electrons. The number of anilines is 2. The maximum absolute atomic E-state index is 9.37. The maximum Gasteiger partial charge on any atom is 0.223 e. The molecule has 1 aliphatic rings. The number of halogens is 1. The van der Waals surface area contributed by atoms with Gasteiger partial charge in [-0.3, -0.25) is 4.98 Å². The Kier molecular flexibility index (Phi) is 5.95. The molecule has 29 heavy (non-hydrogen) atoms. The number of rotatable bonds is 4.